The fourth-order valence-corrected chi connectivity index (χ4v) is 1.93. The first-order chi connectivity index (χ1) is 10.3. The number of H-pyrrole nitrogens is 2. The lowest BCUT2D eigenvalue weighted by Crippen LogP contribution is -2.35. The highest BCUT2D eigenvalue weighted by Crippen LogP contribution is 2.12. The summed E-state index contributed by atoms with van der Waals surface area (Å²) in [5.74, 6) is 0. The van der Waals surface area contributed by atoms with Crippen molar-refractivity contribution in [2.45, 2.75) is 13.8 Å². The number of aryl methyl sites for hydroxylation is 2. The van der Waals surface area contributed by atoms with Gasteiger partial charge < -0.3 is 0 Å². The average Bonchev–Trinajstić information content (AvgIpc) is 2.42. The van der Waals surface area contributed by atoms with Gasteiger partial charge in [-0.1, -0.05) is 9.46 Å². The Morgan fingerprint density at radius 2 is 1.23 bits per heavy atom. The Kier molecular flexibility index (Phi) is 4.08. The SMILES string of the molecule is Cc1cn(O[P+](=O)On2cc(C)c(=O)[nH]c2=O)c(=O)[nH]c1=O. The molecule has 11 nitrogen and oxygen atoms in total. The third kappa shape index (κ3) is 3.20. The molecule has 2 heterocycles. The van der Waals surface area contributed by atoms with Gasteiger partial charge in [0.2, 0.25) is 0 Å². The van der Waals surface area contributed by atoms with Crippen LogP contribution < -0.4 is 31.7 Å². The lowest BCUT2D eigenvalue weighted by Gasteiger charge is -1.98. The third-order valence-electron chi connectivity index (χ3n) is 2.49. The molecule has 116 valence electrons. The van der Waals surface area contributed by atoms with Gasteiger partial charge in [-0.2, -0.15) is 0 Å². The van der Waals surface area contributed by atoms with Gasteiger partial charge in [0.05, 0.1) is 12.4 Å². The van der Waals surface area contributed by atoms with Crippen molar-refractivity contribution in [2.24, 2.45) is 0 Å². The molecule has 0 aliphatic rings. The van der Waals surface area contributed by atoms with Crippen molar-refractivity contribution in [1.82, 2.24) is 19.4 Å². The van der Waals surface area contributed by atoms with Gasteiger partial charge in [-0.3, -0.25) is 19.6 Å². The van der Waals surface area contributed by atoms with E-state index in [9.17, 15) is 23.7 Å². The van der Waals surface area contributed by atoms with Crippen molar-refractivity contribution in [3.63, 3.8) is 0 Å². The minimum Gasteiger partial charge on any atom is -0.271 e. The fourth-order valence-electron chi connectivity index (χ4n) is 1.37. The topological polar surface area (TPSA) is 145 Å². The highest BCUT2D eigenvalue weighted by Gasteiger charge is 2.27. The minimum atomic E-state index is -2.98. The van der Waals surface area contributed by atoms with Gasteiger partial charge in [0.15, 0.2) is 0 Å². The molecule has 22 heavy (non-hydrogen) atoms. The Labute approximate surface area is 121 Å². The predicted molar refractivity (Wildman–Crippen MR) is 72.9 cm³/mol. The molecule has 0 saturated carbocycles. The number of rotatable bonds is 4. The van der Waals surface area contributed by atoms with E-state index in [1.54, 1.807) is 0 Å². The van der Waals surface area contributed by atoms with Gasteiger partial charge in [-0.25, -0.2) is 9.59 Å². The molecule has 12 heteroatoms. The maximum absolute atomic E-state index is 11.7. The number of aromatic amines is 2. The number of aromatic nitrogens is 4. The normalized spacial score (nSPS) is 10.3. The first-order valence-corrected chi connectivity index (χ1v) is 6.87. The number of nitrogens with one attached hydrogen (secondary N) is 2. The first-order valence-electron chi connectivity index (χ1n) is 5.77. The summed E-state index contributed by atoms with van der Waals surface area (Å²) in [6.45, 7) is 2.81. The molecule has 0 spiro atoms. The van der Waals surface area contributed by atoms with Gasteiger partial charge in [0.25, 0.3) is 11.1 Å². The van der Waals surface area contributed by atoms with E-state index in [2.05, 4.69) is 9.25 Å². The van der Waals surface area contributed by atoms with Crippen molar-refractivity contribution >= 4 is 8.25 Å². The molecule has 2 N–H and O–H groups in total. The fraction of sp³-hybridized carbons (Fsp3) is 0.200. The second-order valence-corrected chi connectivity index (χ2v) is 4.96. The zero-order valence-electron chi connectivity index (χ0n) is 11.4. The van der Waals surface area contributed by atoms with Crippen LogP contribution in [0.2, 0.25) is 0 Å². The van der Waals surface area contributed by atoms with Crippen LogP contribution in [0, 0.1) is 13.8 Å². The summed E-state index contributed by atoms with van der Waals surface area (Å²) in [5, 5.41) is 0. The molecular formula is C10H10N4O7P+. The maximum Gasteiger partial charge on any atom is 0.848 e. The molecule has 0 amide bonds. The van der Waals surface area contributed by atoms with Gasteiger partial charge >= 0.3 is 19.6 Å². The smallest absolute Gasteiger partial charge is 0.271 e. The second kappa shape index (κ2) is 5.82. The summed E-state index contributed by atoms with van der Waals surface area (Å²) in [6.07, 6.45) is 2.03. The van der Waals surface area contributed by atoms with Crippen LogP contribution in [0.1, 0.15) is 11.1 Å². The highest BCUT2D eigenvalue weighted by atomic mass is 31.1. The van der Waals surface area contributed by atoms with Crippen molar-refractivity contribution < 1.29 is 13.8 Å². The molecule has 0 unspecified atom stereocenters. The van der Waals surface area contributed by atoms with E-state index >= 15 is 0 Å². The van der Waals surface area contributed by atoms with E-state index in [1.165, 1.54) is 13.8 Å². The third-order valence-corrected chi connectivity index (χ3v) is 3.11. The summed E-state index contributed by atoms with van der Waals surface area (Å²) in [4.78, 5) is 49.1. The lowest BCUT2D eigenvalue weighted by molar-refractivity contribution is 0.177. The van der Waals surface area contributed by atoms with Crippen LogP contribution in [0.3, 0.4) is 0 Å². The molecule has 0 atom stereocenters. The highest BCUT2D eigenvalue weighted by molar-refractivity contribution is 7.33. The lowest BCUT2D eigenvalue weighted by atomic mass is 10.4. The molecule has 0 aliphatic carbocycles. The Morgan fingerprint density at radius 1 is 0.864 bits per heavy atom. The van der Waals surface area contributed by atoms with Crippen LogP contribution >= 0.6 is 8.25 Å². The van der Waals surface area contributed by atoms with E-state index in [-0.39, 0.29) is 11.1 Å². The van der Waals surface area contributed by atoms with Crippen LogP contribution in [-0.4, -0.2) is 19.4 Å². The summed E-state index contributed by atoms with van der Waals surface area (Å²) in [5.41, 5.74) is -2.89. The summed E-state index contributed by atoms with van der Waals surface area (Å²) in [6, 6.07) is 0. The zero-order valence-corrected chi connectivity index (χ0v) is 12.2. The molecule has 2 aromatic heterocycles. The van der Waals surface area contributed by atoms with E-state index in [4.69, 9.17) is 0 Å². The monoisotopic (exact) mass is 329 g/mol. The molecular weight excluding hydrogens is 319 g/mol. The molecule has 0 radical (unpaired) electrons. The van der Waals surface area contributed by atoms with Crippen molar-refractivity contribution in [3.05, 3.63) is 65.2 Å². The summed E-state index contributed by atoms with van der Waals surface area (Å²) < 4.78 is 22.0. The van der Waals surface area contributed by atoms with Gasteiger partial charge in [0.1, 0.15) is 0 Å². The van der Waals surface area contributed by atoms with E-state index in [0.29, 0.717) is 9.46 Å². The van der Waals surface area contributed by atoms with Crippen molar-refractivity contribution in [2.75, 3.05) is 0 Å². The summed E-state index contributed by atoms with van der Waals surface area (Å²) >= 11 is 0. The van der Waals surface area contributed by atoms with Crippen LogP contribution in [0.5, 0.6) is 0 Å². The summed E-state index contributed by atoms with van der Waals surface area (Å²) in [7, 11) is -2.98. The largest absolute Gasteiger partial charge is 0.848 e. The molecule has 0 aromatic carbocycles. The van der Waals surface area contributed by atoms with Crippen molar-refractivity contribution in [1.29, 1.82) is 0 Å². The average molecular weight is 329 g/mol. The van der Waals surface area contributed by atoms with Gasteiger partial charge in [0, 0.05) is 15.7 Å². The van der Waals surface area contributed by atoms with Crippen LogP contribution in [0.25, 0.3) is 0 Å². The Morgan fingerprint density at radius 3 is 1.59 bits per heavy atom. The number of hydrogen-bond acceptors (Lipinski definition) is 7. The van der Waals surface area contributed by atoms with Gasteiger partial charge in [-0.15, -0.1) is 9.25 Å². The number of nitrogens with zero attached hydrogens (tertiary/aromatic N) is 2. The standard InChI is InChI=1S/C10H9N4O7P/c1-5-3-13(9(17)11-7(5)15)20-22(19)21-14-4-6(2)8(16)12-10(14)18/h3-4H,1-2H3,(H-,11,12,15,16,17,18)/p+1. The zero-order chi connectivity index (χ0) is 16.4. The molecule has 0 saturated heterocycles. The Hall–Kier alpha value is -2.94. The molecule has 2 aromatic rings. The Balaban J connectivity index is 2.25. The van der Waals surface area contributed by atoms with Crippen LogP contribution in [0.4, 0.5) is 0 Å². The van der Waals surface area contributed by atoms with Crippen molar-refractivity contribution in [3.8, 4) is 0 Å². The minimum absolute atomic E-state index is 0.139. The number of hydrogen-bond donors (Lipinski definition) is 2. The Bertz CT molecular complexity index is 889. The van der Waals surface area contributed by atoms with E-state index < -0.39 is 30.8 Å². The molecule has 0 aliphatic heterocycles. The van der Waals surface area contributed by atoms with E-state index in [0.717, 1.165) is 12.4 Å². The molecule has 0 fully saturated rings. The van der Waals surface area contributed by atoms with Crippen LogP contribution in [-0.2, 0) is 4.57 Å². The maximum atomic E-state index is 11.7. The quantitative estimate of drug-likeness (QED) is 0.630. The molecule has 0 bridgehead atoms. The van der Waals surface area contributed by atoms with Crippen LogP contribution in [0.15, 0.2) is 31.6 Å². The van der Waals surface area contributed by atoms with E-state index in [1.807, 2.05) is 9.97 Å². The second-order valence-electron chi connectivity index (χ2n) is 4.18. The first kappa shape index (κ1) is 15.4. The molecule has 2 rings (SSSR count). The van der Waals surface area contributed by atoms with Gasteiger partial charge in [-0.05, 0) is 13.8 Å². The predicted octanol–water partition coefficient (Wildman–Crippen LogP) is -1.78.